The van der Waals surface area contributed by atoms with E-state index in [1.165, 1.54) is 4.90 Å². The summed E-state index contributed by atoms with van der Waals surface area (Å²) in [5, 5.41) is 0. The zero-order valence-corrected chi connectivity index (χ0v) is 7.13. The van der Waals surface area contributed by atoms with E-state index >= 15 is 0 Å². The zero-order valence-electron chi connectivity index (χ0n) is 4.03. The molecule has 0 aromatic heterocycles. The molecule has 0 unspecified atom stereocenters. The molecule has 0 heterocycles. The van der Waals surface area contributed by atoms with Crippen LogP contribution in [-0.4, -0.2) is 22.9 Å². The van der Waals surface area contributed by atoms with Crippen molar-refractivity contribution in [2.75, 3.05) is 14.1 Å². The van der Waals surface area contributed by atoms with Gasteiger partial charge in [0.1, 0.15) is 0 Å². The van der Waals surface area contributed by atoms with Gasteiger partial charge in [-0.25, -0.2) is 0 Å². The van der Waals surface area contributed by atoms with Crippen molar-refractivity contribution in [3.8, 4) is 0 Å². The first-order chi connectivity index (χ1) is 2.64. The fourth-order valence-electron chi connectivity index (χ4n) is 0. The zero-order chi connectivity index (χ0) is 5.15. The summed E-state index contributed by atoms with van der Waals surface area (Å²) >= 11 is 1.72. The molecule has 1 amide bonds. The summed E-state index contributed by atoms with van der Waals surface area (Å²) in [5.74, 6) is 0. The van der Waals surface area contributed by atoms with Crippen LogP contribution in [0.4, 0.5) is 4.79 Å². The molecule has 7 heavy (non-hydrogen) atoms. The van der Waals surface area contributed by atoms with Gasteiger partial charge in [-0.2, -0.15) is 0 Å². The minimum atomic E-state index is 0. The second-order valence-electron chi connectivity index (χ2n) is 1.15. The van der Waals surface area contributed by atoms with Crippen molar-refractivity contribution < 1.29 is 21.9 Å². The van der Waals surface area contributed by atoms with Crippen molar-refractivity contribution in [1.82, 2.24) is 4.90 Å². The van der Waals surface area contributed by atoms with Gasteiger partial charge in [0.05, 0.1) is 0 Å². The first-order valence-corrected chi connectivity index (χ1v) is 2.59. The van der Waals surface area contributed by atoms with Crippen LogP contribution in [-0.2, 0) is 17.1 Å². The second-order valence-corrected chi connectivity index (χ2v) is 2.07. The molecule has 0 aromatic carbocycles. The number of hydrogen-bond acceptors (Lipinski definition) is 1. The van der Waals surface area contributed by atoms with E-state index in [2.05, 4.69) is 0 Å². The number of nitrogens with zero attached hydrogens (tertiary/aromatic N) is 1. The Balaban J connectivity index is 0. The number of carbonyl (C=O) groups excluding carboxylic acids is 1. The molecule has 0 atom stereocenters. The number of carbonyl (C=O) groups is 1. The van der Waals surface area contributed by atoms with Crippen molar-refractivity contribution in [1.29, 1.82) is 0 Å². The van der Waals surface area contributed by atoms with Crippen LogP contribution in [0, 0.1) is 0 Å². The third kappa shape index (κ3) is 6.72. The van der Waals surface area contributed by atoms with E-state index in [0.717, 1.165) is 0 Å². The Morgan fingerprint density at radius 2 is 1.71 bits per heavy atom. The third-order valence-corrected chi connectivity index (χ3v) is 1.32. The predicted molar refractivity (Wildman–Crippen MR) is 33.1 cm³/mol. The summed E-state index contributed by atoms with van der Waals surface area (Å²) in [6, 6.07) is 0. The normalized spacial score (nSPS) is 6.71. The molecule has 0 aromatic rings. The van der Waals surface area contributed by atoms with Crippen LogP contribution < -0.4 is 0 Å². The van der Waals surface area contributed by atoms with Crippen molar-refractivity contribution >= 4 is 26.5 Å². The summed E-state index contributed by atoms with van der Waals surface area (Å²) in [7, 11) is 3.43. The Kier molecular flexibility index (Phi) is 7.41. The average molecular weight is 263 g/mol. The van der Waals surface area contributed by atoms with Crippen LogP contribution in [0.3, 0.4) is 0 Å². The van der Waals surface area contributed by atoms with Crippen molar-refractivity contribution in [2.45, 2.75) is 0 Å². The fraction of sp³-hybridized carbons (Fsp3) is 0.667. The molecule has 0 saturated heterocycles. The molecule has 0 saturated carbocycles. The SMILES string of the molecule is CN(C)C(=O)I.[Cu]. The predicted octanol–water partition coefficient (Wildman–Crippen LogP) is 1.10. The van der Waals surface area contributed by atoms with Crippen LogP contribution >= 0.6 is 22.6 Å². The van der Waals surface area contributed by atoms with Crippen LogP contribution in [0.25, 0.3) is 0 Å². The fourth-order valence-corrected chi connectivity index (χ4v) is 0. The molecule has 0 aliphatic heterocycles. The average Bonchev–Trinajstić information content (AvgIpc) is 1.36. The molecule has 0 fully saturated rings. The molecule has 0 N–H and O–H groups in total. The van der Waals surface area contributed by atoms with E-state index in [1.54, 1.807) is 36.7 Å². The second kappa shape index (κ2) is 4.87. The summed E-state index contributed by atoms with van der Waals surface area (Å²) in [6.45, 7) is 0. The van der Waals surface area contributed by atoms with Crippen molar-refractivity contribution in [3.63, 3.8) is 0 Å². The van der Waals surface area contributed by atoms with Gasteiger partial charge in [-0.05, 0) is 0 Å². The maximum atomic E-state index is 10.1. The Bertz CT molecular complexity index is 66.0. The van der Waals surface area contributed by atoms with Crippen LogP contribution in [0.2, 0.25) is 0 Å². The van der Waals surface area contributed by atoms with E-state index in [1.807, 2.05) is 0 Å². The third-order valence-electron chi connectivity index (χ3n) is 0.352. The van der Waals surface area contributed by atoms with Gasteiger partial charge in [0.15, 0.2) is 0 Å². The largest absolute Gasteiger partial charge is 0.340 e. The van der Waals surface area contributed by atoms with E-state index in [-0.39, 0.29) is 21.0 Å². The van der Waals surface area contributed by atoms with Gasteiger partial charge in [0.2, 0.25) is 0 Å². The number of halogens is 1. The summed E-state index contributed by atoms with van der Waals surface area (Å²) in [6.07, 6.45) is 0. The molecule has 4 heteroatoms. The minimum Gasteiger partial charge on any atom is -0.340 e. The van der Waals surface area contributed by atoms with E-state index in [4.69, 9.17) is 0 Å². The molecule has 0 spiro atoms. The van der Waals surface area contributed by atoms with Gasteiger partial charge < -0.3 is 4.90 Å². The molecule has 1 radical (unpaired) electrons. The number of amides is 1. The Morgan fingerprint density at radius 3 is 1.71 bits per heavy atom. The molecule has 0 aliphatic rings. The number of rotatable bonds is 0. The van der Waals surface area contributed by atoms with E-state index in [9.17, 15) is 4.79 Å². The molecule has 2 nitrogen and oxygen atoms in total. The molecule has 0 aliphatic carbocycles. The van der Waals surface area contributed by atoms with E-state index < -0.39 is 0 Å². The topological polar surface area (TPSA) is 20.3 Å². The van der Waals surface area contributed by atoms with Crippen molar-refractivity contribution in [2.24, 2.45) is 0 Å². The first kappa shape index (κ1) is 10.7. The summed E-state index contributed by atoms with van der Waals surface area (Å²) < 4.78 is 0.0626. The Labute approximate surface area is 67.2 Å². The first-order valence-electron chi connectivity index (χ1n) is 1.51. The molecular formula is C3H6CuINO. The van der Waals surface area contributed by atoms with Crippen LogP contribution in [0.1, 0.15) is 0 Å². The maximum Gasteiger partial charge on any atom is 0.282 e. The Morgan fingerprint density at radius 1 is 1.57 bits per heavy atom. The summed E-state index contributed by atoms with van der Waals surface area (Å²) in [4.78, 5) is 11.6. The maximum absolute atomic E-state index is 10.1. The standard InChI is InChI=1S/C3H6INO.Cu/c1-5(2)3(4)6;/h1-2H3;. The molecule has 0 bridgehead atoms. The smallest absolute Gasteiger partial charge is 0.282 e. The van der Waals surface area contributed by atoms with Crippen molar-refractivity contribution in [3.05, 3.63) is 0 Å². The molecule has 47 valence electrons. The monoisotopic (exact) mass is 262 g/mol. The van der Waals surface area contributed by atoms with Gasteiger partial charge >= 0.3 is 0 Å². The molecular weight excluding hydrogens is 256 g/mol. The van der Waals surface area contributed by atoms with Gasteiger partial charge in [0, 0.05) is 53.8 Å². The molecule has 0 rings (SSSR count). The van der Waals surface area contributed by atoms with Gasteiger partial charge in [-0.1, -0.05) is 0 Å². The number of hydrogen-bond donors (Lipinski definition) is 0. The van der Waals surface area contributed by atoms with Crippen LogP contribution in [0.5, 0.6) is 0 Å². The van der Waals surface area contributed by atoms with Crippen LogP contribution in [0.15, 0.2) is 0 Å². The van der Waals surface area contributed by atoms with Gasteiger partial charge in [-0.3, -0.25) is 4.79 Å². The Hall–Kier alpha value is 0.719. The summed E-state index contributed by atoms with van der Waals surface area (Å²) in [5.41, 5.74) is 0. The van der Waals surface area contributed by atoms with E-state index in [0.29, 0.717) is 0 Å². The van der Waals surface area contributed by atoms with Gasteiger partial charge in [-0.15, -0.1) is 0 Å². The quantitative estimate of drug-likeness (QED) is 0.277. The van der Waals surface area contributed by atoms with Gasteiger partial charge in [0.25, 0.3) is 3.91 Å². The minimum absolute atomic E-state index is 0.